The van der Waals surface area contributed by atoms with Gasteiger partial charge in [-0.1, -0.05) is 35.5 Å². The summed E-state index contributed by atoms with van der Waals surface area (Å²) < 4.78 is 14.8. The van der Waals surface area contributed by atoms with Crippen LogP contribution in [0.2, 0.25) is 5.02 Å². The first-order valence-electron chi connectivity index (χ1n) is 10.1. The quantitative estimate of drug-likeness (QED) is 0.539. The molecule has 7 nitrogen and oxygen atoms in total. The van der Waals surface area contributed by atoms with Gasteiger partial charge in [-0.15, -0.1) is 10.2 Å². The number of rotatable bonds is 6. The minimum atomic E-state index is -0.363. The summed E-state index contributed by atoms with van der Waals surface area (Å²) in [6, 6.07) is 12.4. The molecule has 0 bridgehead atoms. The van der Waals surface area contributed by atoms with Crippen LogP contribution in [0, 0.1) is 5.82 Å². The Morgan fingerprint density at radius 2 is 1.94 bits per heavy atom. The van der Waals surface area contributed by atoms with Crippen molar-refractivity contribution in [1.29, 1.82) is 0 Å². The van der Waals surface area contributed by atoms with Gasteiger partial charge in [0.25, 0.3) is 5.91 Å². The van der Waals surface area contributed by atoms with Gasteiger partial charge in [-0.05, 0) is 49.2 Å². The Morgan fingerprint density at radius 3 is 2.69 bits per heavy atom. The average molecular weight is 474 g/mol. The van der Waals surface area contributed by atoms with E-state index in [1.807, 2.05) is 11.6 Å². The number of thioether (sulfide) groups is 1. The minimum Gasteiger partial charge on any atom is -0.328 e. The zero-order valence-corrected chi connectivity index (χ0v) is 18.9. The normalized spacial score (nSPS) is 15.7. The molecule has 0 saturated carbocycles. The van der Waals surface area contributed by atoms with Crippen LogP contribution in [0.5, 0.6) is 0 Å². The molecule has 1 aliphatic rings. The summed E-state index contributed by atoms with van der Waals surface area (Å²) in [7, 11) is 1.83. The van der Waals surface area contributed by atoms with Gasteiger partial charge in [0, 0.05) is 19.3 Å². The third-order valence-corrected chi connectivity index (χ3v) is 6.59. The van der Waals surface area contributed by atoms with Crippen molar-refractivity contribution in [3.8, 4) is 0 Å². The summed E-state index contributed by atoms with van der Waals surface area (Å²) in [5.74, 6) is 0.0647. The molecule has 10 heteroatoms. The standard InChI is InChI=1S/C22H21ClFN5O2S/c1-28-20(18-7-4-12-29(18)21(31)16-5-2-3-6-17(16)23)26-27-22(28)32-13-19(30)25-15-10-8-14(24)9-11-15/h2-3,5-6,8-11,18H,4,7,12-13H2,1H3,(H,25,30). The van der Waals surface area contributed by atoms with E-state index < -0.39 is 0 Å². The van der Waals surface area contributed by atoms with Gasteiger partial charge in [0.1, 0.15) is 5.82 Å². The molecule has 1 unspecified atom stereocenters. The van der Waals surface area contributed by atoms with E-state index in [1.165, 1.54) is 36.0 Å². The van der Waals surface area contributed by atoms with E-state index >= 15 is 0 Å². The number of anilines is 1. The van der Waals surface area contributed by atoms with Gasteiger partial charge in [-0.2, -0.15) is 0 Å². The lowest BCUT2D eigenvalue weighted by atomic mass is 10.1. The van der Waals surface area contributed by atoms with Crippen LogP contribution >= 0.6 is 23.4 Å². The molecule has 2 amide bonds. The zero-order valence-electron chi connectivity index (χ0n) is 17.3. The van der Waals surface area contributed by atoms with E-state index in [-0.39, 0.29) is 29.4 Å². The first-order valence-corrected chi connectivity index (χ1v) is 11.4. The van der Waals surface area contributed by atoms with E-state index in [1.54, 1.807) is 29.2 Å². The topological polar surface area (TPSA) is 80.1 Å². The van der Waals surface area contributed by atoms with E-state index in [0.717, 1.165) is 12.8 Å². The molecule has 1 fully saturated rings. The molecule has 2 heterocycles. The van der Waals surface area contributed by atoms with Crippen LogP contribution in [-0.2, 0) is 11.8 Å². The van der Waals surface area contributed by atoms with Gasteiger partial charge in [-0.25, -0.2) is 4.39 Å². The van der Waals surface area contributed by atoms with Crippen LogP contribution in [0.1, 0.15) is 35.1 Å². The lowest BCUT2D eigenvalue weighted by Crippen LogP contribution is -2.32. The first kappa shape index (κ1) is 22.3. The number of hydrogen-bond acceptors (Lipinski definition) is 5. The number of carbonyl (C=O) groups is 2. The summed E-state index contributed by atoms with van der Waals surface area (Å²) >= 11 is 7.47. The van der Waals surface area contributed by atoms with Gasteiger partial charge in [0.05, 0.1) is 22.4 Å². The van der Waals surface area contributed by atoms with Crippen molar-refractivity contribution in [3.63, 3.8) is 0 Å². The highest BCUT2D eigenvalue weighted by Gasteiger charge is 2.34. The van der Waals surface area contributed by atoms with Gasteiger partial charge >= 0.3 is 0 Å². The van der Waals surface area contributed by atoms with Gasteiger partial charge in [-0.3, -0.25) is 9.59 Å². The monoisotopic (exact) mass is 473 g/mol. The largest absolute Gasteiger partial charge is 0.328 e. The van der Waals surface area contributed by atoms with Crippen LogP contribution < -0.4 is 5.32 Å². The first-order chi connectivity index (χ1) is 15.4. The fraction of sp³-hybridized carbons (Fsp3) is 0.273. The van der Waals surface area contributed by atoms with Crippen LogP contribution in [0.25, 0.3) is 0 Å². The molecule has 3 aromatic rings. The molecule has 1 N–H and O–H groups in total. The number of nitrogens with zero attached hydrogens (tertiary/aromatic N) is 4. The van der Waals surface area contributed by atoms with Gasteiger partial charge < -0.3 is 14.8 Å². The minimum absolute atomic E-state index is 0.121. The molecule has 32 heavy (non-hydrogen) atoms. The van der Waals surface area contributed by atoms with Gasteiger partial charge in [0.15, 0.2) is 11.0 Å². The van der Waals surface area contributed by atoms with Crippen LogP contribution in [0.15, 0.2) is 53.7 Å². The number of carbonyl (C=O) groups excluding carboxylic acids is 2. The fourth-order valence-corrected chi connectivity index (χ4v) is 4.60. The molecule has 0 spiro atoms. The number of nitrogens with one attached hydrogen (secondary N) is 1. The summed E-state index contributed by atoms with van der Waals surface area (Å²) in [5.41, 5.74) is 0.991. The second-order valence-corrected chi connectivity index (χ2v) is 8.73. The third kappa shape index (κ3) is 4.78. The Morgan fingerprint density at radius 1 is 1.19 bits per heavy atom. The molecule has 166 valence electrons. The van der Waals surface area contributed by atoms with Crippen molar-refractivity contribution in [1.82, 2.24) is 19.7 Å². The highest BCUT2D eigenvalue weighted by Crippen LogP contribution is 2.34. The summed E-state index contributed by atoms with van der Waals surface area (Å²) in [5, 5.41) is 12.2. The summed E-state index contributed by atoms with van der Waals surface area (Å²) in [4.78, 5) is 27.1. The molecular formula is C22H21ClFN5O2S. The molecule has 1 saturated heterocycles. The predicted molar refractivity (Wildman–Crippen MR) is 121 cm³/mol. The highest BCUT2D eigenvalue weighted by molar-refractivity contribution is 7.99. The average Bonchev–Trinajstić information content (AvgIpc) is 3.40. The Labute approximate surface area is 194 Å². The Hall–Kier alpha value is -2.91. The van der Waals surface area contributed by atoms with Crippen molar-refractivity contribution in [2.45, 2.75) is 24.0 Å². The maximum Gasteiger partial charge on any atom is 0.255 e. The van der Waals surface area contributed by atoms with E-state index in [4.69, 9.17) is 11.6 Å². The van der Waals surface area contributed by atoms with Crippen LogP contribution in [0.3, 0.4) is 0 Å². The molecule has 1 atom stereocenters. The molecule has 1 aromatic heterocycles. The number of benzene rings is 2. The number of aromatic nitrogens is 3. The Kier molecular flexibility index (Phi) is 6.76. The van der Waals surface area contributed by atoms with Crippen molar-refractivity contribution in [3.05, 3.63) is 70.8 Å². The third-order valence-electron chi connectivity index (χ3n) is 5.24. The SMILES string of the molecule is Cn1c(SCC(=O)Nc2ccc(F)cc2)nnc1C1CCCN1C(=O)c1ccccc1Cl. The van der Waals surface area contributed by atoms with E-state index in [0.29, 0.717) is 33.8 Å². The van der Waals surface area contributed by atoms with E-state index in [2.05, 4.69) is 15.5 Å². The zero-order chi connectivity index (χ0) is 22.7. The molecule has 2 aromatic carbocycles. The molecule has 0 aliphatic carbocycles. The number of likely N-dealkylation sites (tertiary alicyclic amines) is 1. The van der Waals surface area contributed by atoms with E-state index in [9.17, 15) is 14.0 Å². The number of hydrogen-bond donors (Lipinski definition) is 1. The fourth-order valence-electron chi connectivity index (χ4n) is 3.67. The van der Waals surface area contributed by atoms with Crippen molar-refractivity contribution in [2.24, 2.45) is 7.05 Å². The van der Waals surface area contributed by atoms with Crippen LogP contribution in [-0.4, -0.2) is 43.8 Å². The van der Waals surface area contributed by atoms with Gasteiger partial charge in [0.2, 0.25) is 5.91 Å². The molecule has 4 rings (SSSR count). The highest BCUT2D eigenvalue weighted by atomic mass is 35.5. The lowest BCUT2D eigenvalue weighted by molar-refractivity contribution is -0.113. The second-order valence-electron chi connectivity index (χ2n) is 7.38. The van der Waals surface area contributed by atoms with Crippen molar-refractivity contribution >= 4 is 40.9 Å². The molecule has 0 radical (unpaired) electrons. The van der Waals surface area contributed by atoms with Crippen molar-refractivity contribution < 1.29 is 14.0 Å². The van der Waals surface area contributed by atoms with Crippen LogP contribution in [0.4, 0.5) is 10.1 Å². The summed E-state index contributed by atoms with van der Waals surface area (Å²) in [6.45, 7) is 0.615. The smallest absolute Gasteiger partial charge is 0.255 e. The molecule has 1 aliphatic heterocycles. The molecular weight excluding hydrogens is 453 g/mol. The number of halogens is 2. The number of amides is 2. The summed E-state index contributed by atoms with van der Waals surface area (Å²) in [6.07, 6.45) is 1.63. The second kappa shape index (κ2) is 9.70. The maximum absolute atomic E-state index is 13.1. The maximum atomic E-state index is 13.1. The lowest BCUT2D eigenvalue weighted by Gasteiger charge is -2.24. The Balaban J connectivity index is 1.42. The Bertz CT molecular complexity index is 1140. The van der Waals surface area contributed by atoms with Crippen molar-refractivity contribution in [2.75, 3.05) is 17.6 Å². The predicted octanol–water partition coefficient (Wildman–Crippen LogP) is 4.32.